The molecule has 1 aromatic carbocycles. The van der Waals surface area contributed by atoms with Crippen molar-refractivity contribution < 1.29 is 9.59 Å². The molecule has 1 aromatic rings. The molecule has 1 saturated heterocycles. The summed E-state index contributed by atoms with van der Waals surface area (Å²) < 4.78 is 0. The minimum atomic E-state index is 0.0583. The van der Waals surface area contributed by atoms with Gasteiger partial charge < -0.3 is 10.2 Å². The van der Waals surface area contributed by atoms with E-state index in [0.717, 1.165) is 31.2 Å². The highest BCUT2D eigenvalue weighted by atomic mass is 16.2. The number of hydrogen-bond donors (Lipinski definition) is 1. The number of carbonyl (C=O) groups is 2. The molecule has 0 atom stereocenters. The van der Waals surface area contributed by atoms with Crippen molar-refractivity contribution in [1.82, 2.24) is 10.2 Å². The van der Waals surface area contributed by atoms with Crippen molar-refractivity contribution in [3.63, 3.8) is 0 Å². The Morgan fingerprint density at radius 2 is 1.54 bits per heavy atom. The first kappa shape index (κ1) is 18.9. The summed E-state index contributed by atoms with van der Waals surface area (Å²) in [7, 11) is 0. The number of piperidine rings is 1. The van der Waals surface area contributed by atoms with Crippen LogP contribution in [0.2, 0.25) is 0 Å². The molecule has 142 valence electrons. The number of amides is 2. The third-order valence-corrected chi connectivity index (χ3v) is 5.85. The van der Waals surface area contributed by atoms with Crippen LogP contribution in [0.5, 0.6) is 0 Å². The molecular weight excluding hydrogens is 324 g/mol. The average molecular weight is 357 g/mol. The molecule has 26 heavy (non-hydrogen) atoms. The fourth-order valence-electron chi connectivity index (χ4n) is 4.03. The number of likely N-dealkylation sites (tertiary alicyclic amines) is 1. The highest BCUT2D eigenvalue weighted by Crippen LogP contribution is 2.24. The Balaban J connectivity index is 1.52. The molecule has 1 aliphatic carbocycles. The smallest absolute Gasteiger partial charge is 0.253 e. The van der Waals surface area contributed by atoms with Crippen LogP contribution >= 0.6 is 0 Å². The van der Waals surface area contributed by atoms with E-state index in [-0.39, 0.29) is 23.1 Å². The van der Waals surface area contributed by atoms with Gasteiger partial charge in [0.1, 0.15) is 0 Å². The van der Waals surface area contributed by atoms with Crippen LogP contribution < -0.4 is 5.32 Å². The second-order valence-corrected chi connectivity index (χ2v) is 8.88. The Kier molecular flexibility index (Phi) is 5.69. The van der Waals surface area contributed by atoms with Crippen LogP contribution in [0.4, 0.5) is 0 Å². The summed E-state index contributed by atoms with van der Waals surface area (Å²) in [6.45, 7) is 7.85. The first-order valence-corrected chi connectivity index (χ1v) is 10.0. The predicted octanol–water partition coefficient (Wildman–Crippen LogP) is 3.90. The van der Waals surface area contributed by atoms with Gasteiger partial charge in [0.05, 0.1) is 0 Å². The van der Waals surface area contributed by atoms with E-state index in [1.807, 2.05) is 17.0 Å². The van der Waals surface area contributed by atoms with Crippen molar-refractivity contribution >= 4 is 11.8 Å². The summed E-state index contributed by atoms with van der Waals surface area (Å²) in [4.78, 5) is 27.1. The minimum Gasteiger partial charge on any atom is -0.353 e. The van der Waals surface area contributed by atoms with Crippen molar-refractivity contribution in [3.8, 4) is 0 Å². The van der Waals surface area contributed by atoms with Gasteiger partial charge in [0.2, 0.25) is 5.91 Å². The van der Waals surface area contributed by atoms with Crippen LogP contribution in [0, 0.1) is 5.92 Å². The zero-order chi connectivity index (χ0) is 18.7. The number of nitrogens with zero attached hydrogens (tertiary/aromatic N) is 1. The normalized spacial score (nSPS) is 19.6. The third kappa shape index (κ3) is 4.46. The maximum absolute atomic E-state index is 12.7. The number of benzene rings is 1. The molecule has 2 fully saturated rings. The van der Waals surface area contributed by atoms with E-state index in [1.54, 1.807) is 0 Å². The molecule has 0 aromatic heterocycles. The van der Waals surface area contributed by atoms with Gasteiger partial charge in [0.15, 0.2) is 0 Å². The first-order valence-electron chi connectivity index (χ1n) is 10.0. The minimum absolute atomic E-state index is 0.0583. The molecule has 0 spiro atoms. The molecule has 1 N–H and O–H groups in total. The van der Waals surface area contributed by atoms with E-state index in [0.29, 0.717) is 19.1 Å². The van der Waals surface area contributed by atoms with Crippen molar-refractivity contribution in [3.05, 3.63) is 35.4 Å². The van der Waals surface area contributed by atoms with Gasteiger partial charge in [-0.25, -0.2) is 0 Å². The molecule has 2 aliphatic rings. The number of nitrogens with one attached hydrogen (secondary N) is 1. The van der Waals surface area contributed by atoms with Crippen LogP contribution in [0.15, 0.2) is 24.3 Å². The molecule has 3 rings (SSSR count). The Morgan fingerprint density at radius 1 is 0.962 bits per heavy atom. The Bertz CT molecular complexity index is 631. The van der Waals surface area contributed by atoms with Crippen molar-refractivity contribution in [2.24, 2.45) is 5.92 Å². The van der Waals surface area contributed by atoms with Gasteiger partial charge in [-0.05, 0) is 48.8 Å². The monoisotopic (exact) mass is 356 g/mol. The summed E-state index contributed by atoms with van der Waals surface area (Å²) in [6.07, 6.45) is 6.23. The SMILES string of the molecule is CC(C)(C)c1ccc(C(=O)N2CCC(C(=O)NC3CCCC3)CC2)cc1. The largest absolute Gasteiger partial charge is 0.353 e. The molecule has 4 nitrogen and oxygen atoms in total. The van der Waals surface area contributed by atoms with Crippen LogP contribution in [-0.4, -0.2) is 35.8 Å². The first-order chi connectivity index (χ1) is 12.3. The standard InChI is InChI=1S/C22H32N2O2/c1-22(2,3)18-10-8-17(9-11-18)21(26)24-14-12-16(13-15-24)20(25)23-19-6-4-5-7-19/h8-11,16,19H,4-7,12-15H2,1-3H3,(H,23,25). The molecule has 2 amide bonds. The fourth-order valence-corrected chi connectivity index (χ4v) is 4.03. The number of hydrogen-bond acceptors (Lipinski definition) is 2. The molecule has 1 saturated carbocycles. The van der Waals surface area contributed by atoms with Gasteiger partial charge in [0.25, 0.3) is 5.91 Å². The molecule has 1 aliphatic heterocycles. The van der Waals surface area contributed by atoms with Crippen LogP contribution in [0.3, 0.4) is 0 Å². The summed E-state index contributed by atoms with van der Waals surface area (Å²) in [5, 5.41) is 3.20. The van der Waals surface area contributed by atoms with Gasteiger partial charge >= 0.3 is 0 Å². The zero-order valence-corrected chi connectivity index (χ0v) is 16.4. The molecular formula is C22H32N2O2. The van der Waals surface area contributed by atoms with Gasteiger partial charge in [-0.1, -0.05) is 45.7 Å². The van der Waals surface area contributed by atoms with E-state index in [4.69, 9.17) is 0 Å². The molecule has 0 bridgehead atoms. The van der Waals surface area contributed by atoms with Crippen LogP contribution in [-0.2, 0) is 10.2 Å². The molecule has 0 radical (unpaired) electrons. The van der Waals surface area contributed by atoms with Crippen LogP contribution in [0.25, 0.3) is 0 Å². The molecule has 0 unspecified atom stereocenters. The van der Waals surface area contributed by atoms with Gasteiger partial charge in [-0.15, -0.1) is 0 Å². The lowest BCUT2D eigenvalue weighted by atomic mass is 9.86. The van der Waals surface area contributed by atoms with Gasteiger partial charge in [0, 0.05) is 30.6 Å². The Labute approximate surface area is 157 Å². The van der Waals surface area contributed by atoms with Crippen molar-refractivity contribution in [1.29, 1.82) is 0 Å². The topological polar surface area (TPSA) is 49.4 Å². The average Bonchev–Trinajstić information content (AvgIpc) is 3.13. The number of rotatable bonds is 3. The van der Waals surface area contributed by atoms with E-state index in [1.165, 1.54) is 18.4 Å². The van der Waals surface area contributed by atoms with Gasteiger partial charge in [-0.2, -0.15) is 0 Å². The third-order valence-electron chi connectivity index (χ3n) is 5.85. The zero-order valence-electron chi connectivity index (χ0n) is 16.4. The summed E-state index contributed by atoms with van der Waals surface area (Å²) in [6, 6.07) is 8.34. The summed E-state index contributed by atoms with van der Waals surface area (Å²) >= 11 is 0. The van der Waals surface area contributed by atoms with Gasteiger partial charge in [-0.3, -0.25) is 9.59 Å². The van der Waals surface area contributed by atoms with E-state index >= 15 is 0 Å². The highest BCUT2D eigenvalue weighted by Gasteiger charge is 2.29. The van der Waals surface area contributed by atoms with Crippen LogP contribution in [0.1, 0.15) is 75.2 Å². The lowest BCUT2D eigenvalue weighted by molar-refractivity contribution is -0.127. The molecule has 4 heteroatoms. The van der Waals surface area contributed by atoms with E-state index < -0.39 is 0 Å². The molecule has 1 heterocycles. The Hall–Kier alpha value is -1.84. The highest BCUT2D eigenvalue weighted by molar-refractivity contribution is 5.94. The second kappa shape index (κ2) is 7.81. The van der Waals surface area contributed by atoms with Crippen molar-refractivity contribution in [2.75, 3.05) is 13.1 Å². The number of carbonyl (C=O) groups excluding carboxylic acids is 2. The van der Waals surface area contributed by atoms with E-state index in [2.05, 4.69) is 38.2 Å². The lowest BCUT2D eigenvalue weighted by Crippen LogP contribution is -2.44. The summed E-state index contributed by atoms with van der Waals surface area (Å²) in [5.41, 5.74) is 2.07. The Morgan fingerprint density at radius 3 is 2.08 bits per heavy atom. The van der Waals surface area contributed by atoms with Crippen molar-refractivity contribution in [2.45, 2.75) is 70.8 Å². The second-order valence-electron chi connectivity index (χ2n) is 8.88. The fraction of sp³-hybridized carbons (Fsp3) is 0.636. The summed E-state index contributed by atoms with van der Waals surface area (Å²) in [5.74, 6) is 0.335. The predicted molar refractivity (Wildman–Crippen MR) is 104 cm³/mol. The van der Waals surface area contributed by atoms with E-state index in [9.17, 15) is 9.59 Å². The lowest BCUT2D eigenvalue weighted by Gasteiger charge is -2.32. The maximum atomic E-state index is 12.7. The quantitative estimate of drug-likeness (QED) is 0.893. The maximum Gasteiger partial charge on any atom is 0.253 e.